The molecule has 4 rings (SSSR count). The van der Waals surface area contributed by atoms with Gasteiger partial charge >= 0.3 is 0 Å². The number of ketones is 1. The number of fused-ring (bicyclic) bond motifs is 1. The number of nitrogens with zero attached hydrogens (tertiary/aromatic N) is 1. The molecule has 4 heteroatoms. The zero-order valence-electron chi connectivity index (χ0n) is 14.6. The Morgan fingerprint density at radius 2 is 1.80 bits per heavy atom. The first-order valence-corrected chi connectivity index (χ1v) is 9.22. The van der Waals surface area contributed by atoms with E-state index < -0.39 is 0 Å². The Bertz CT molecular complexity index is 757. The summed E-state index contributed by atoms with van der Waals surface area (Å²) in [5.41, 5.74) is 7.43. The molecule has 2 aromatic rings. The second kappa shape index (κ2) is 7.76. The van der Waals surface area contributed by atoms with Gasteiger partial charge in [-0.2, -0.15) is 0 Å². The molecule has 3 nitrogen and oxygen atoms in total. The van der Waals surface area contributed by atoms with Crippen LogP contribution in [0.1, 0.15) is 42.5 Å². The third kappa shape index (κ3) is 4.53. The van der Waals surface area contributed by atoms with E-state index in [1.54, 1.807) is 0 Å². The number of anilines is 1. The van der Waals surface area contributed by atoms with E-state index >= 15 is 0 Å². The van der Waals surface area contributed by atoms with Crippen molar-refractivity contribution in [2.24, 2.45) is 11.8 Å². The molecule has 0 radical (unpaired) electrons. The molecule has 0 aromatic heterocycles. The lowest BCUT2D eigenvalue weighted by Gasteiger charge is -2.32. The van der Waals surface area contributed by atoms with Crippen LogP contribution in [0.4, 0.5) is 5.69 Å². The molecule has 2 fully saturated rings. The smallest absolute Gasteiger partial charge is 0.163 e. The highest BCUT2D eigenvalue weighted by Gasteiger charge is 2.28. The minimum Gasteiger partial charge on any atom is -0.399 e. The largest absolute Gasteiger partial charge is 0.399 e. The van der Waals surface area contributed by atoms with E-state index in [1.165, 1.54) is 38.8 Å². The van der Waals surface area contributed by atoms with Crippen LogP contribution in [0, 0.1) is 11.8 Å². The van der Waals surface area contributed by atoms with Gasteiger partial charge in [0.25, 0.3) is 0 Å². The Balaban J connectivity index is 0.00000182. The summed E-state index contributed by atoms with van der Waals surface area (Å²) in [5.74, 6) is 1.74. The number of carbonyl (C=O) groups is 1. The number of nitrogens with two attached hydrogens (primary N) is 1. The Morgan fingerprint density at radius 1 is 1.04 bits per heavy atom. The van der Waals surface area contributed by atoms with Crippen molar-refractivity contribution in [3.8, 4) is 0 Å². The molecular weight excluding hydrogens is 332 g/mol. The first-order chi connectivity index (χ1) is 11.7. The first kappa shape index (κ1) is 18.2. The van der Waals surface area contributed by atoms with Gasteiger partial charge < -0.3 is 10.6 Å². The van der Waals surface area contributed by atoms with E-state index in [-0.39, 0.29) is 18.2 Å². The van der Waals surface area contributed by atoms with Crippen LogP contribution in [-0.4, -0.2) is 30.3 Å². The Morgan fingerprint density at radius 3 is 2.60 bits per heavy atom. The van der Waals surface area contributed by atoms with Crippen LogP contribution < -0.4 is 5.73 Å². The molecule has 25 heavy (non-hydrogen) atoms. The molecule has 0 amide bonds. The molecule has 1 saturated heterocycles. The molecule has 1 aliphatic heterocycles. The van der Waals surface area contributed by atoms with Gasteiger partial charge in [0, 0.05) is 30.8 Å². The second-order valence-electron chi connectivity index (χ2n) is 7.66. The molecule has 1 aliphatic carbocycles. The van der Waals surface area contributed by atoms with Crippen LogP contribution in [0.3, 0.4) is 0 Å². The fourth-order valence-electron chi connectivity index (χ4n) is 3.97. The number of hydrogen-bond acceptors (Lipinski definition) is 3. The summed E-state index contributed by atoms with van der Waals surface area (Å²) in [7, 11) is 0. The van der Waals surface area contributed by atoms with Crippen LogP contribution >= 0.6 is 12.4 Å². The molecule has 2 N–H and O–H groups in total. The maximum atomic E-state index is 12.7. The average Bonchev–Trinajstić information content (AvgIpc) is 3.38. The first-order valence-electron chi connectivity index (χ1n) is 9.22. The van der Waals surface area contributed by atoms with E-state index in [0.717, 1.165) is 34.5 Å². The predicted octanol–water partition coefficient (Wildman–Crippen LogP) is 4.54. The van der Waals surface area contributed by atoms with Gasteiger partial charge in [-0.25, -0.2) is 0 Å². The lowest BCUT2D eigenvalue weighted by atomic mass is 9.90. The minimum absolute atomic E-state index is 0. The Labute approximate surface area is 156 Å². The van der Waals surface area contributed by atoms with Crippen molar-refractivity contribution < 1.29 is 4.79 Å². The van der Waals surface area contributed by atoms with Gasteiger partial charge in [-0.15, -0.1) is 12.4 Å². The number of hydrogen-bond donors (Lipinski definition) is 1. The van der Waals surface area contributed by atoms with Gasteiger partial charge in [0.15, 0.2) is 5.78 Å². The maximum Gasteiger partial charge on any atom is 0.163 e. The van der Waals surface area contributed by atoms with Crippen molar-refractivity contribution >= 4 is 34.7 Å². The highest BCUT2D eigenvalue weighted by atomic mass is 35.5. The number of nitrogen functional groups attached to an aromatic ring is 1. The topological polar surface area (TPSA) is 46.3 Å². The van der Waals surface area contributed by atoms with Crippen LogP contribution in [0.5, 0.6) is 0 Å². The summed E-state index contributed by atoms with van der Waals surface area (Å²) in [4.78, 5) is 15.3. The normalized spacial score (nSPS) is 21.0. The summed E-state index contributed by atoms with van der Waals surface area (Å²) in [6.45, 7) is 3.58. The van der Waals surface area contributed by atoms with Crippen molar-refractivity contribution in [3.05, 3.63) is 42.0 Å². The highest BCUT2D eigenvalue weighted by molar-refractivity contribution is 6.00. The van der Waals surface area contributed by atoms with E-state index in [0.29, 0.717) is 12.3 Å². The minimum atomic E-state index is 0. The zero-order chi connectivity index (χ0) is 16.5. The van der Waals surface area contributed by atoms with Crippen molar-refractivity contribution in [2.45, 2.75) is 32.1 Å². The molecule has 0 bridgehead atoms. The standard InChI is InChI=1S/C21H26N2O.ClH/c22-20-8-7-17-11-19(6-5-18(17)12-20)21(24)10-16-2-1-9-23(14-16)13-15-3-4-15;/h5-8,11-12,15-16H,1-4,9-10,13-14,22H2;1H. The molecule has 1 heterocycles. The third-order valence-corrected chi connectivity index (χ3v) is 5.48. The van der Waals surface area contributed by atoms with Gasteiger partial charge in [-0.05, 0) is 73.0 Å². The summed E-state index contributed by atoms with van der Waals surface area (Å²) in [6, 6.07) is 11.8. The van der Waals surface area contributed by atoms with Gasteiger partial charge in [-0.1, -0.05) is 18.2 Å². The lowest BCUT2D eigenvalue weighted by Crippen LogP contribution is -2.37. The Kier molecular flexibility index (Phi) is 5.65. The number of halogens is 1. The number of piperidine rings is 1. The maximum absolute atomic E-state index is 12.7. The molecular formula is C21H27ClN2O. The number of Topliss-reactive ketones (excluding diaryl/α,β-unsaturated/α-hetero) is 1. The molecule has 134 valence electrons. The summed E-state index contributed by atoms with van der Waals surface area (Å²) in [6.07, 6.45) is 5.92. The van der Waals surface area contributed by atoms with E-state index in [9.17, 15) is 4.79 Å². The molecule has 1 atom stereocenters. The molecule has 2 aromatic carbocycles. The van der Waals surface area contributed by atoms with Crippen LogP contribution in [0.2, 0.25) is 0 Å². The number of benzene rings is 2. The average molecular weight is 359 g/mol. The van der Waals surface area contributed by atoms with Gasteiger partial charge in [-0.3, -0.25) is 4.79 Å². The monoisotopic (exact) mass is 358 g/mol. The molecule has 1 saturated carbocycles. The Hall–Kier alpha value is -1.58. The van der Waals surface area contributed by atoms with Crippen molar-refractivity contribution in [1.82, 2.24) is 4.90 Å². The fourth-order valence-corrected chi connectivity index (χ4v) is 3.97. The van der Waals surface area contributed by atoms with Crippen LogP contribution in [0.25, 0.3) is 10.8 Å². The number of likely N-dealkylation sites (tertiary alicyclic amines) is 1. The molecule has 0 spiro atoms. The van der Waals surface area contributed by atoms with Gasteiger partial charge in [0.1, 0.15) is 0 Å². The van der Waals surface area contributed by atoms with Crippen molar-refractivity contribution in [3.63, 3.8) is 0 Å². The number of rotatable bonds is 5. The van der Waals surface area contributed by atoms with Gasteiger partial charge in [0.2, 0.25) is 0 Å². The zero-order valence-corrected chi connectivity index (χ0v) is 15.4. The lowest BCUT2D eigenvalue weighted by molar-refractivity contribution is 0.0914. The molecule has 2 aliphatic rings. The van der Waals surface area contributed by atoms with Crippen molar-refractivity contribution in [2.75, 3.05) is 25.4 Å². The van der Waals surface area contributed by atoms with Gasteiger partial charge in [0.05, 0.1) is 0 Å². The van der Waals surface area contributed by atoms with E-state index in [4.69, 9.17) is 5.73 Å². The molecule has 1 unspecified atom stereocenters. The SMILES string of the molecule is Cl.Nc1ccc2cc(C(=O)CC3CCCN(CC4CC4)C3)ccc2c1. The highest BCUT2D eigenvalue weighted by Crippen LogP contribution is 2.32. The quantitative estimate of drug-likeness (QED) is 0.630. The summed E-state index contributed by atoms with van der Waals surface area (Å²) >= 11 is 0. The third-order valence-electron chi connectivity index (χ3n) is 5.48. The number of carbonyl (C=O) groups excluding carboxylic acids is 1. The summed E-state index contributed by atoms with van der Waals surface area (Å²) < 4.78 is 0. The van der Waals surface area contributed by atoms with E-state index in [2.05, 4.69) is 4.90 Å². The predicted molar refractivity (Wildman–Crippen MR) is 106 cm³/mol. The van der Waals surface area contributed by atoms with Crippen molar-refractivity contribution in [1.29, 1.82) is 0 Å². The van der Waals surface area contributed by atoms with E-state index in [1.807, 2.05) is 36.4 Å². The fraction of sp³-hybridized carbons (Fsp3) is 0.476. The summed E-state index contributed by atoms with van der Waals surface area (Å²) in [5, 5.41) is 2.19. The van der Waals surface area contributed by atoms with Crippen LogP contribution in [0.15, 0.2) is 36.4 Å². The van der Waals surface area contributed by atoms with Crippen LogP contribution in [-0.2, 0) is 0 Å². The second-order valence-corrected chi connectivity index (χ2v) is 7.66.